The second-order valence-corrected chi connectivity index (χ2v) is 9.47. The molecule has 0 bridgehead atoms. The van der Waals surface area contributed by atoms with Crippen molar-refractivity contribution in [2.45, 2.75) is 0 Å². The Labute approximate surface area is 229 Å². The molecule has 4 rings (SSSR count). The molecule has 4 aromatic rings. The Bertz CT molecular complexity index is 1480. The molecule has 3 N–H and O–H groups in total. The fourth-order valence-electron chi connectivity index (χ4n) is 4.29. The van der Waals surface area contributed by atoms with Crippen LogP contribution in [0.2, 0.25) is 0 Å². The van der Waals surface area contributed by atoms with Crippen LogP contribution in [0.4, 0.5) is 23.0 Å². The van der Waals surface area contributed by atoms with Gasteiger partial charge in [-0.3, -0.25) is 4.79 Å². The molecule has 0 aliphatic rings. The van der Waals surface area contributed by atoms with Gasteiger partial charge in [0.25, 0.3) is 0 Å². The van der Waals surface area contributed by atoms with Crippen molar-refractivity contribution in [3.63, 3.8) is 0 Å². The zero-order valence-corrected chi connectivity index (χ0v) is 23.3. The molecule has 0 radical (unpaired) electrons. The van der Waals surface area contributed by atoms with Gasteiger partial charge < -0.3 is 35.1 Å². The monoisotopic (exact) mass is 528 g/mol. The summed E-state index contributed by atoms with van der Waals surface area (Å²) in [4.78, 5) is 26.1. The summed E-state index contributed by atoms with van der Waals surface area (Å²) in [5, 5.41) is 10.2. The first-order chi connectivity index (χ1) is 18.8. The topological polar surface area (TPSA) is 99.6 Å². The SMILES string of the molecule is CN/C=C/C(=O)Nc1cc(Nc2nccc(-c3cn(C)c4ccccc34)n2)c(OC)cc1N(C)CCN(C)C. The maximum Gasteiger partial charge on any atom is 0.249 e. The molecule has 0 spiro atoms. The molecule has 204 valence electrons. The van der Waals surface area contributed by atoms with Crippen LogP contribution in [-0.2, 0) is 11.8 Å². The molecule has 2 aromatic carbocycles. The van der Waals surface area contributed by atoms with Crippen LogP contribution in [0.1, 0.15) is 0 Å². The van der Waals surface area contributed by atoms with Crippen LogP contribution in [-0.4, -0.2) is 73.7 Å². The zero-order valence-electron chi connectivity index (χ0n) is 23.3. The van der Waals surface area contributed by atoms with Gasteiger partial charge in [0.05, 0.1) is 29.9 Å². The summed E-state index contributed by atoms with van der Waals surface area (Å²) in [7, 11) is 11.4. The van der Waals surface area contributed by atoms with E-state index in [1.165, 1.54) is 6.08 Å². The number of aryl methyl sites for hydroxylation is 1. The standard InChI is InChI=1S/C29H36N8O2/c1-30-13-12-28(38)32-23-17-24(27(39-6)18-26(23)36(4)16-15-35(2)3)34-29-31-14-11-22(33-29)21-19-37(5)25-10-8-7-9-20(21)25/h7-14,17-19,30H,15-16H2,1-6H3,(H,32,38)(H,31,33,34)/b13-12+. The predicted molar refractivity (Wildman–Crippen MR) is 159 cm³/mol. The van der Waals surface area contributed by atoms with Gasteiger partial charge in [-0.25, -0.2) is 9.97 Å². The minimum Gasteiger partial charge on any atom is -0.494 e. The molecule has 39 heavy (non-hydrogen) atoms. The Balaban J connectivity index is 1.70. The van der Waals surface area contributed by atoms with E-state index in [1.807, 2.05) is 58.5 Å². The second kappa shape index (κ2) is 12.3. The van der Waals surface area contributed by atoms with E-state index in [0.717, 1.165) is 40.9 Å². The average Bonchev–Trinajstić information content (AvgIpc) is 3.27. The highest BCUT2D eigenvalue weighted by Gasteiger charge is 2.17. The number of carbonyl (C=O) groups is 1. The fraction of sp³-hybridized carbons (Fsp3) is 0.276. The van der Waals surface area contributed by atoms with E-state index in [0.29, 0.717) is 23.1 Å². The number of nitrogens with one attached hydrogen (secondary N) is 3. The van der Waals surface area contributed by atoms with Gasteiger partial charge in [-0.15, -0.1) is 0 Å². The Morgan fingerprint density at radius 3 is 2.64 bits per heavy atom. The minimum absolute atomic E-state index is 0.253. The average molecular weight is 529 g/mol. The molecular formula is C29H36N8O2. The number of para-hydroxylation sites is 1. The third-order valence-electron chi connectivity index (χ3n) is 6.35. The van der Waals surface area contributed by atoms with Crippen molar-refractivity contribution in [2.75, 3.05) is 63.9 Å². The highest BCUT2D eigenvalue weighted by molar-refractivity contribution is 6.02. The quantitative estimate of drug-likeness (QED) is 0.251. The summed E-state index contributed by atoms with van der Waals surface area (Å²) >= 11 is 0. The summed E-state index contributed by atoms with van der Waals surface area (Å²) in [5.41, 5.74) is 5.04. The fourth-order valence-corrected chi connectivity index (χ4v) is 4.29. The van der Waals surface area contributed by atoms with Crippen LogP contribution in [0.5, 0.6) is 5.75 Å². The minimum atomic E-state index is -0.253. The van der Waals surface area contributed by atoms with E-state index in [1.54, 1.807) is 26.6 Å². The van der Waals surface area contributed by atoms with Gasteiger partial charge in [0.1, 0.15) is 5.75 Å². The lowest BCUT2D eigenvalue weighted by Crippen LogP contribution is -2.29. The van der Waals surface area contributed by atoms with E-state index in [2.05, 4.69) is 53.6 Å². The Kier molecular flexibility index (Phi) is 8.67. The first-order valence-electron chi connectivity index (χ1n) is 12.7. The number of fused-ring (bicyclic) bond motifs is 1. The molecule has 0 saturated heterocycles. The summed E-state index contributed by atoms with van der Waals surface area (Å²) in [6.07, 6.45) is 6.83. The summed E-state index contributed by atoms with van der Waals surface area (Å²) in [6, 6.07) is 13.9. The zero-order chi connectivity index (χ0) is 27.9. The summed E-state index contributed by atoms with van der Waals surface area (Å²) in [6.45, 7) is 1.61. The Morgan fingerprint density at radius 2 is 1.90 bits per heavy atom. The van der Waals surface area contributed by atoms with Crippen molar-refractivity contribution in [1.82, 2.24) is 24.8 Å². The molecule has 10 heteroatoms. The first kappa shape index (κ1) is 27.5. The van der Waals surface area contributed by atoms with Crippen LogP contribution in [0.3, 0.4) is 0 Å². The third kappa shape index (κ3) is 6.47. The number of carbonyl (C=O) groups excluding carboxylic acids is 1. The maximum absolute atomic E-state index is 12.6. The number of amides is 1. The number of hydrogen-bond acceptors (Lipinski definition) is 8. The van der Waals surface area contributed by atoms with Gasteiger partial charge in [-0.05, 0) is 32.3 Å². The molecule has 10 nitrogen and oxygen atoms in total. The number of aromatic nitrogens is 3. The Hall–Kier alpha value is -4.57. The van der Waals surface area contributed by atoms with E-state index < -0.39 is 0 Å². The lowest BCUT2D eigenvalue weighted by molar-refractivity contribution is -0.111. The van der Waals surface area contributed by atoms with E-state index >= 15 is 0 Å². The number of anilines is 4. The largest absolute Gasteiger partial charge is 0.494 e. The molecule has 0 aliphatic carbocycles. The number of ether oxygens (including phenoxy) is 1. The molecule has 2 heterocycles. The van der Waals surface area contributed by atoms with Gasteiger partial charge in [-0.1, -0.05) is 18.2 Å². The third-order valence-corrected chi connectivity index (χ3v) is 6.35. The van der Waals surface area contributed by atoms with Crippen molar-refractivity contribution in [2.24, 2.45) is 7.05 Å². The summed E-state index contributed by atoms with van der Waals surface area (Å²) < 4.78 is 7.83. The molecule has 0 aliphatic heterocycles. The van der Waals surface area contributed by atoms with E-state index in [9.17, 15) is 4.79 Å². The normalized spacial score (nSPS) is 11.3. The van der Waals surface area contributed by atoms with Crippen molar-refractivity contribution >= 4 is 39.8 Å². The smallest absolute Gasteiger partial charge is 0.249 e. The number of methoxy groups -OCH3 is 1. The molecule has 0 unspecified atom stereocenters. The highest BCUT2D eigenvalue weighted by Crippen LogP contribution is 2.38. The van der Waals surface area contributed by atoms with Crippen molar-refractivity contribution < 1.29 is 9.53 Å². The first-order valence-corrected chi connectivity index (χ1v) is 12.7. The maximum atomic E-state index is 12.6. The molecule has 1 amide bonds. The van der Waals surface area contributed by atoms with Gasteiger partial charge in [0.15, 0.2) is 0 Å². The van der Waals surface area contributed by atoms with E-state index in [-0.39, 0.29) is 5.91 Å². The number of benzene rings is 2. The van der Waals surface area contributed by atoms with Gasteiger partial charge in [0.2, 0.25) is 11.9 Å². The predicted octanol–water partition coefficient (Wildman–Crippen LogP) is 4.06. The van der Waals surface area contributed by atoms with E-state index in [4.69, 9.17) is 9.72 Å². The number of likely N-dealkylation sites (N-methyl/N-ethyl adjacent to an activating group) is 2. The van der Waals surface area contributed by atoms with Gasteiger partial charge >= 0.3 is 0 Å². The molecule has 2 aromatic heterocycles. The molecular weight excluding hydrogens is 492 g/mol. The highest BCUT2D eigenvalue weighted by atomic mass is 16.5. The van der Waals surface area contributed by atoms with Crippen LogP contribution in [0.25, 0.3) is 22.2 Å². The second-order valence-electron chi connectivity index (χ2n) is 9.47. The molecule has 0 fully saturated rings. The number of nitrogens with zero attached hydrogens (tertiary/aromatic N) is 5. The van der Waals surface area contributed by atoms with Crippen molar-refractivity contribution in [3.8, 4) is 17.0 Å². The van der Waals surface area contributed by atoms with Crippen molar-refractivity contribution in [1.29, 1.82) is 0 Å². The lowest BCUT2D eigenvalue weighted by atomic mass is 10.1. The van der Waals surface area contributed by atoms with Crippen LogP contribution >= 0.6 is 0 Å². The van der Waals surface area contributed by atoms with Crippen LogP contribution in [0, 0.1) is 0 Å². The molecule has 0 saturated carbocycles. The Morgan fingerprint density at radius 1 is 1.10 bits per heavy atom. The van der Waals surface area contributed by atoms with Crippen LogP contribution < -0.4 is 25.6 Å². The van der Waals surface area contributed by atoms with Gasteiger partial charge in [0, 0.05) is 81.4 Å². The number of rotatable bonds is 11. The van der Waals surface area contributed by atoms with Gasteiger partial charge in [-0.2, -0.15) is 0 Å². The summed E-state index contributed by atoms with van der Waals surface area (Å²) in [5.74, 6) is 0.765. The van der Waals surface area contributed by atoms with Crippen molar-refractivity contribution in [3.05, 3.63) is 67.1 Å². The lowest BCUT2D eigenvalue weighted by Gasteiger charge is -2.26. The van der Waals surface area contributed by atoms with Crippen LogP contribution in [0.15, 0.2) is 67.1 Å². The molecule has 0 atom stereocenters. The number of hydrogen-bond donors (Lipinski definition) is 3.